The lowest BCUT2D eigenvalue weighted by Crippen LogP contribution is -2.45. The second kappa shape index (κ2) is 10.4. The summed E-state index contributed by atoms with van der Waals surface area (Å²) in [4.78, 5) is 20.8. The van der Waals surface area contributed by atoms with E-state index in [1.165, 1.54) is 46.8 Å². The van der Waals surface area contributed by atoms with Gasteiger partial charge in [0, 0.05) is 5.69 Å². The van der Waals surface area contributed by atoms with E-state index in [0.717, 1.165) is 5.56 Å². The van der Waals surface area contributed by atoms with Crippen LogP contribution in [0.4, 0.5) is 38.0 Å². The Morgan fingerprint density at radius 1 is 1.00 bits per heavy atom. The van der Waals surface area contributed by atoms with Crippen LogP contribution in [0.3, 0.4) is 0 Å². The van der Waals surface area contributed by atoms with Gasteiger partial charge in [-0.2, -0.15) is 15.1 Å². The molecule has 0 aliphatic carbocycles. The Hall–Kier alpha value is -5.24. The number of H-pyrrole nitrogens is 1. The minimum absolute atomic E-state index is 0.0225. The number of hydrogen-bond acceptors (Lipinski definition) is 8. The van der Waals surface area contributed by atoms with Crippen LogP contribution in [0.15, 0.2) is 83.9 Å². The van der Waals surface area contributed by atoms with Crippen LogP contribution in [0.5, 0.6) is 0 Å². The van der Waals surface area contributed by atoms with Crippen LogP contribution >= 0.6 is 0 Å². The topological polar surface area (TPSA) is 171 Å². The fraction of sp³-hybridized carbons (Fsp3) is 0.111. The van der Waals surface area contributed by atoms with Gasteiger partial charge in [0.25, 0.3) is 10.0 Å². The number of nitrogens with one attached hydrogen (secondary N) is 4. The van der Waals surface area contributed by atoms with Crippen LogP contribution in [-0.4, -0.2) is 47.2 Å². The number of urea groups is 1. The number of halogens is 1. The average molecular weight is 574 g/mol. The minimum atomic E-state index is -4.00. The molecule has 0 fully saturated rings. The standard InChI is InChI=1S/C27H24FN9O3S/c28-21-6-2-3-7-22(21)33-27(38)32-17-9-11-19(12-10-17)41(39,40)37-15-18(13-16-5-1-4-8-23(16)37)31-24-20-14-30-36-25(20)35-26(29)34-24/h1-12,14,18H,13,15H2,(H2,32,33,38)(H4,29,30,31,34,35,36). The molecule has 0 bridgehead atoms. The fourth-order valence-electron chi connectivity index (χ4n) is 4.72. The van der Waals surface area contributed by atoms with E-state index >= 15 is 0 Å². The van der Waals surface area contributed by atoms with E-state index in [1.807, 2.05) is 12.1 Å². The summed E-state index contributed by atoms with van der Waals surface area (Å²) in [7, 11) is -4.00. The Balaban J connectivity index is 1.23. The minimum Gasteiger partial charge on any atom is -0.368 e. The van der Waals surface area contributed by atoms with E-state index in [2.05, 4.69) is 36.1 Å². The predicted molar refractivity (Wildman–Crippen MR) is 154 cm³/mol. The summed E-state index contributed by atoms with van der Waals surface area (Å²) < 4.78 is 43.0. The van der Waals surface area contributed by atoms with Gasteiger partial charge >= 0.3 is 6.03 Å². The number of aromatic amines is 1. The number of nitrogens with zero attached hydrogens (tertiary/aromatic N) is 4. The van der Waals surface area contributed by atoms with Gasteiger partial charge in [0.1, 0.15) is 11.6 Å². The van der Waals surface area contributed by atoms with Gasteiger partial charge in [-0.1, -0.05) is 30.3 Å². The number of carbonyl (C=O) groups excluding carboxylic acids is 1. The largest absolute Gasteiger partial charge is 0.368 e. The smallest absolute Gasteiger partial charge is 0.323 e. The molecule has 2 aromatic heterocycles. The SMILES string of the molecule is Nc1nc(NC2Cc3ccccc3N(S(=O)(=O)c3ccc(NC(=O)Nc4ccccc4F)cc3)C2)c2cn[nH]c2n1. The van der Waals surface area contributed by atoms with Gasteiger partial charge < -0.3 is 21.7 Å². The van der Waals surface area contributed by atoms with Gasteiger partial charge in [0.15, 0.2) is 5.65 Å². The number of benzene rings is 3. The van der Waals surface area contributed by atoms with Crippen LogP contribution in [0.1, 0.15) is 5.56 Å². The van der Waals surface area contributed by atoms with E-state index < -0.39 is 21.9 Å². The molecular formula is C27H24FN9O3S. The quantitative estimate of drug-likeness (QED) is 0.203. The van der Waals surface area contributed by atoms with Crippen LogP contribution in [0, 0.1) is 5.82 Å². The normalized spacial score (nSPS) is 14.9. The first-order valence-electron chi connectivity index (χ1n) is 12.5. The van der Waals surface area contributed by atoms with Gasteiger partial charge in [-0.25, -0.2) is 17.6 Å². The molecule has 0 radical (unpaired) electrons. The Kier molecular flexibility index (Phi) is 6.59. The zero-order chi connectivity index (χ0) is 28.6. The van der Waals surface area contributed by atoms with Crippen molar-refractivity contribution >= 4 is 55.9 Å². The molecular weight excluding hydrogens is 549 g/mol. The third-order valence-electron chi connectivity index (χ3n) is 6.60. The number of rotatable bonds is 6. The molecule has 0 saturated heterocycles. The second-order valence-corrected chi connectivity index (χ2v) is 11.2. The van der Waals surface area contributed by atoms with Crippen LogP contribution in [0.25, 0.3) is 11.0 Å². The number of aromatic nitrogens is 4. The maximum Gasteiger partial charge on any atom is 0.323 e. The predicted octanol–water partition coefficient (Wildman–Crippen LogP) is 3.95. The average Bonchev–Trinajstić information content (AvgIpc) is 3.43. The highest BCUT2D eigenvalue weighted by Gasteiger charge is 2.33. The first-order chi connectivity index (χ1) is 19.8. The molecule has 6 rings (SSSR count). The summed E-state index contributed by atoms with van der Waals surface area (Å²) in [6.45, 7) is 0.119. The zero-order valence-corrected chi connectivity index (χ0v) is 22.2. The zero-order valence-electron chi connectivity index (χ0n) is 21.4. The van der Waals surface area contributed by atoms with Crippen LogP contribution in [0.2, 0.25) is 0 Å². The summed E-state index contributed by atoms with van der Waals surface area (Å²) in [6.07, 6.45) is 2.13. The lowest BCUT2D eigenvalue weighted by molar-refractivity contribution is 0.262. The first kappa shape index (κ1) is 26.0. The summed E-state index contributed by atoms with van der Waals surface area (Å²) in [5.41, 5.74) is 8.11. The highest BCUT2D eigenvalue weighted by Crippen LogP contribution is 2.34. The molecule has 0 saturated carbocycles. The maximum absolute atomic E-state index is 13.9. The highest BCUT2D eigenvalue weighted by atomic mass is 32.2. The van der Waals surface area contributed by atoms with Gasteiger partial charge in [0.2, 0.25) is 5.95 Å². The summed E-state index contributed by atoms with van der Waals surface area (Å²) in [5.74, 6) is -0.0654. The monoisotopic (exact) mass is 573 g/mol. The molecule has 14 heteroatoms. The molecule has 12 nitrogen and oxygen atoms in total. The summed E-state index contributed by atoms with van der Waals surface area (Å²) in [5, 5.41) is 15.7. The Bertz CT molecular complexity index is 1860. The number of nitrogen functional groups attached to an aromatic ring is 1. The molecule has 1 aliphatic rings. The number of fused-ring (bicyclic) bond motifs is 2. The van der Waals surface area contributed by atoms with E-state index in [9.17, 15) is 17.6 Å². The molecule has 41 heavy (non-hydrogen) atoms. The number of hydrogen-bond donors (Lipinski definition) is 5. The van der Waals surface area contributed by atoms with E-state index in [4.69, 9.17) is 5.73 Å². The molecule has 1 aliphatic heterocycles. The van der Waals surface area contributed by atoms with Gasteiger partial charge in [-0.3, -0.25) is 9.40 Å². The van der Waals surface area contributed by atoms with Crippen molar-refractivity contribution in [3.05, 3.63) is 90.4 Å². The fourth-order valence-corrected chi connectivity index (χ4v) is 6.27. The molecule has 2 amide bonds. The van der Waals surface area contributed by atoms with Crippen molar-refractivity contribution in [2.75, 3.05) is 32.5 Å². The highest BCUT2D eigenvalue weighted by molar-refractivity contribution is 7.92. The number of sulfonamides is 1. The molecule has 3 heterocycles. The third-order valence-corrected chi connectivity index (χ3v) is 8.40. The van der Waals surface area contributed by atoms with Crippen molar-refractivity contribution in [1.82, 2.24) is 20.2 Å². The van der Waals surface area contributed by atoms with Crippen molar-refractivity contribution in [2.45, 2.75) is 17.4 Å². The summed E-state index contributed by atoms with van der Waals surface area (Å²) in [6, 6.07) is 17.8. The Labute approximate surface area is 233 Å². The van der Waals surface area contributed by atoms with Gasteiger partial charge in [0.05, 0.1) is 40.4 Å². The number of carbonyl (C=O) groups is 1. The number of amides is 2. The number of para-hydroxylation sites is 2. The third kappa shape index (κ3) is 5.19. The summed E-state index contributed by atoms with van der Waals surface area (Å²) >= 11 is 0. The Morgan fingerprint density at radius 3 is 2.56 bits per heavy atom. The lowest BCUT2D eigenvalue weighted by Gasteiger charge is -2.35. The molecule has 1 atom stereocenters. The molecule has 3 aromatic carbocycles. The molecule has 6 N–H and O–H groups in total. The van der Waals surface area contributed by atoms with E-state index in [-0.39, 0.29) is 29.1 Å². The van der Waals surface area contributed by atoms with E-state index in [0.29, 0.717) is 34.6 Å². The van der Waals surface area contributed by atoms with Gasteiger partial charge in [-0.15, -0.1) is 0 Å². The molecule has 208 valence electrons. The molecule has 1 unspecified atom stereocenters. The van der Waals surface area contributed by atoms with Gasteiger partial charge in [-0.05, 0) is 54.4 Å². The Morgan fingerprint density at radius 2 is 1.76 bits per heavy atom. The second-order valence-electron chi connectivity index (χ2n) is 9.36. The van der Waals surface area contributed by atoms with Crippen molar-refractivity contribution in [3.63, 3.8) is 0 Å². The van der Waals surface area contributed by atoms with Crippen molar-refractivity contribution in [3.8, 4) is 0 Å². The number of anilines is 5. The van der Waals surface area contributed by atoms with E-state index in [1.54, 1.807) is 24.4 Å². The molecule has 0 spiro atoms. The first-order valence-corrected chi connectivity index (χ1v) is 14.0. The van der Waals surface area contributed by atoms with Crippen molar-refractivity contribution in [2.24, 2.45) is 0 Å². The number of nitrogens with two attached hydrogens (primary N) is 1. The van der Waals surface area contributed by atoms with Crippen molar-refractivity contribution in [1.29, 1.82) is 0 Å². The lowest BCUT2D eigenvalue weighted by atomic mass is 9.99. The van der Waals surface area contributed by atoms with Crippen LogP contribution in [-0.2, 0) is 16.4 Å². The maximum atomic E-state index is 13.9. The molecule has 5 aromatic rings. The van der Waals surface area contributed by atoms with Crippen molar-refractivity contribution < 1.29 is 17.6 Å². The van der Waals surface area contributed by atoms with Crippen LogP contribution < -0.4 is 26.0 Å².